The van der Waals surface area contributed by atoms with Gasteiger partial charge in [-0.1, -0.05) is 12.1 Å². The first kappa shape index (κ1) is 19.1. The number of carbonyl (C=O) groups is 1. The SMILES string of the molecule is COc1ccc(CC(=O)N2CCCC(Oc3cc(C)nc(C)n3)C2)cc1C. The van der Waals surface area contributed by atoms with Gasteiger partial charge in [-0.15, -0.1) is 0 Å². The van der Waals surface area contributed by atoms with Crippen molar-refractivity contribution in [3.63, 3.8) is 0 Å². The molecule has 6 heteroatoms. The van der Waals surface area contributed by atoms with E-state index in [4.69, 9.17) is 9.47 Å². The van der Waals surface area contributed by atoms with Crippen LogP contribution in [0.15, 0.2) is 24.3 Å². The molecule has 144 valence electrons. The molecule has 1 atom stereocenters. The lowest BCUT2D eigenvalue weighted by molar-refractivity contribution is -0.133. The Morgan fingerprint density at radius 1 is 1.22 bits per heavy atom. The molecule has 0 saturated carbocycles. The van der Waals surface area contributed by atoms with Crippen molar-refractivity contribution in [2.75, 3.05) is 20.2 Å². The van der Waals surface area contributed by atoms with E-state index in [1.165, 1.54) is 0 Å². The number of likely N-dealkylation sites (tertiary alicyclic amines) is 1. The van der Waals surface area contributed by atoms with E-state index < -0.39 is 0 Å². The Hall–Kier alpha value is -2.63. The number of aromatic nitrogens is 2. The van der Waals surface area contributed by atoms with Crippen molar-refractivity contribution in [2.24, 2.45) is 0 Å². The number of nitrogens with zero attached hydrogens (tertiary/aromatic N) is 3. The summed E-state index contributed by atoms with van der Waals surface area (Å²) in [5, 5.41) is 0. The fraction of sp³-hybridized carbons (Fsp3) is 0.476. The van der Waals surface area contributed by atoms with Gasteiger partial charge in [0, 0.05) is 18.3 Å². The lowest BCUT2D eigenvalue weighted by Gasteiger charge is -2.32. The summed E-state index contributed by atoms with van der Waals surface area (Å²) in [6.45, 7) is 7.14. The van der Waals surface area contributed by atoms with Crippen LogP contribution in [0.2, 0.25) is 0 Å². The Balaban J connectivity index is 1.61. The van der Waals surface area contributed by atoms with E-state index in [1.54, 1.807) is 7.11 Å². The third kappa shape index (κ3) is 4.96. The average molecular weight is 369 g/mol. The zero-order chi connectivity index (χ0) is 19.4. The normalized spacial score (nSPS) is 16.9. The summed E-state index contributed by atoms with van der Waals surface area (Å²) in [6, 6.07) is 7.73. The molecule has 0 aliphatic carbocycles. The highest BCUT2D eigenvalue weighted by molar-refractivity contribution is 5.79. The highest BCUT2D eigenvalue weighted by Crippen LogP contribution is 2.21. The molecule has 1 saturated heterocycles. The fourth-order valence-corrected chi connectivity index (χ4v) is 3.51. The predicted molar refractivity (Wildman–Crippen MR) is 103 cm³/mol. The van der Waals surface area contributed by atoms with Gasteiger partial charge in [0.2, 0.25) is 11.8 Å². The quantitative estimate of drug-likeness (QED) is 0.811. The molecule has 0 radical (unpaired) electrons. The van der Waals surface area contributed by atoms with Gasteiger partial charge >= 0.3 is 0 Å². The molecule has 2 heterocycles. The molecule has 6 nitrogen and oxygen atoms in total. The van der Waals surface area contributed by atoms with Crippen LogP contribution in [0.4, 0.5) is 0 Å². The average Bonchev–Trinajstić information content (AvgIpc) is 2.61. The van der Waals surface area contributed by atoms with Crippen molar-refractivity contribution in [2.45, 2.75) is 46.1 Å². The summed E-state index contributed by atoms with van der Waals surface area (Å²) in [5.41, 5.74) is 2.93. The summed E-state index contributed by atoms with van der Waals surface area (Å²) in [6.07, 6.45) is 2.21. The largest absolute Gasteiger partial charge is 0.496 e. The molecular formula is C21H27N3O3. The van der Waals surface area contributed by atoms with Crippen molar-refractivity contribution in [1.29, 1.82) is 0 Å². The highest BCUT2D eigenvalue weighted by atomic mass is 16.5. The Morgan fingerprint density at radius 3 is 2.74 bits per heavy atom. The lowest BCUT2D eigenvalue weighted by atomic mass is 10.0. The van der Waals surface area contributed by atoms with Crippen LogP contribution >= 0.6 is 0 Å². The molecule has 1 aliphatic heterocycles. The van der Waals surface area contributed by atoms with Crippen molar-refractivity contribution >= 4 is 5.91 Å². The van der Waals surface area contributed by atoms with Crippen molar-refractivity contribution < 1.29 is 14.3 Å². The molecule has 27 heavy (non-hydrogen) atoms. The summed E-state index contributed by atoms with van der Waals surface area (Å²) in [4.78, 5) is 23.3. The smallest absolute Gasteiger partial charge is 0.227 e. The number of benzene rings is 1. The monoisotopic (exact) mass is 369 g/mol. The van der Waals surface area contributed by atoms with E-state index in [1.807, 2.05) is 49.9 Å². The number of piperidine rings is 1. The van der Waals surface area contributed by atoms with Gasteiger partial charge in [-0.3, -0.25) is 4.79 Å². The first-order valence-electron chi connectivity index (χ1n) is 9.35. The molecule has 1 aromatic carbocycles. The Kier molecular flexibility index (Phi) is 5.94. The van der Waals surface area contributed by atoms with Crippen LogP contribution in [-0.4, -0.2) is 47.1 Å². The summed E-state index contributed by atoms with van der Waals surface area (Å²) in [7, 11) is 1.65. The molecule has 0 spiro atoms. The van der Waals surface area contributed by atoms with Gasteiger partial charge in [0.15, 0.2) is 0 Å². The minimum absolute atomic E-state index is 0.0333. The van der Waals surface area contributed by atoms with Crippen LogP contribution in [-0.2, 0) is 11.2 Å². The highest BCUT2D eigenvalue weighted by Gasteiger charge is 2.25. The third-order valence-electron chi connectivity index (χ3n) is 4.78. The van der Waals surface area contributed by atoms with E-state index in [-0.39, 0.29) is 12.0 Å². The fourth-order valence-electron chi connectivity index (χ4n) is 3.51. The first-order chi connectivity index (χ1) is 12.9. The molecule has 1 aliphatic rings. The molecule has 0 N–H and O–H groups in total. The van der Waals surface area contributed by atoms with Crippen LogP contribution < -0.4 is 9.47 Å². The molecule has 1 aromatic heterocycles. The Labute approximate surface area is 160 Å². The van der Waals surface area contributed by atoms with Gasteiger partial charge in [0.1, 0.15) is 17.7 Å². The van der Waals surface area contributed by atoms with Crippen LogP contribution in [0.1, 0.15) is 35.5 Å². The molecule has 1 amide bonds. The second-order valence-corrected chi connectivity index (χ2v) is 7.10. The zero-order valence-electron chi connectivity index (χ0n) is 16.5. The number of rotatable bonds is 5. The number of carbonyl (C=O) groups excluding carboxylic acids is 1. The zero-order valence-corrected chi connectivity index (χ0v) is 16.5. The number of hydrogen-bond donors (Lipinski definition) is 0. The molecule has 1 unspecified atom stereocenters. The predicted octanol–water partition coefficient (Wildman–Crippen LogP) is 3.02. The van der Waals surface area contributed by atoms with E-state index >= 15 is 0 Å². The van der Waals surface area contributed by atoms with E-state index in [2.05, 4.69) is 9.97 Å². The second kappa shape index (κ2) is 8.37. The number of ether oxygens (including phenoxy) is 2. The number of amides is 1. The van der Waals surface area contributed by atoms with Gasteiger partial charge in [-0.25, -0.2) is 4.98 Å². The van der Waals surface area contributed by atoms with Gasteiger partial charge in [0.05, 0.1) is 20.1 Å². The van der Waals surface area contributed by atoms with Gasteiger partial charge in [-0.2, -0.15) is 4.98 Å². The maximum atomic E-state index is 12.8. The minimum atomic E-state index is -0.0333. The molecule has 3 rings (SSSR count). The summed E-state index contributed by atoms with van der Waals surface area (Å²) >= 11 is 0. The summed E-state index contributed by atoms with van der Waals surface area (Å²) < 4.78 is 11.3. The van der Waals surface area contributed by atoms with Crippen LogP contribution in [0.3, 0.4) is 0 Å². The number of aryl methyl sites for hydroxylation is 3. The Bertz CT molecular complexity index is 802. The van der Waals surface area contributed by atoms with Gasteiger partial charge in [0.25, 0.3) is 0 Å². The maximum Gasteiger partial charge on any atom is 0.227 e. The number of hydrogen-bond acceptors (Lipinski definition) is 5. The molecule has 2 aromatic rings. The van der Waals surface area contributed by atoms with Gasteiger partial charge in [-0.05, 0) is 50.8 Å². The number of methoxy groups -OCH3 is 1. The minimum Gasteiger partial charge on any atom is -0.496 e. The van der Waals surface area contributed by atoms with E-state index in [0.717, 1.165) is 42.0 Å². The van der Waals surface area contributed by atoms with Crippen LogP contribution in [0.5, 0.6) is 11.6 Å². The third-order valence-corrected chi connectivity index (χ3v) is 4.78. The van der Waals surface area contributed by atoms with E-state index in [0.29, 0.717) is 24.7 Å². The summed E-state index contributed by atoms with van der Waals surface area (Å²) in [5.74, 6) is 2.25. The second-order valence-electron chi connectivity index (χ2n) is 7.10. The standard InChI is InChI=1S/C21H27N3O3/c1-14-10-17(7-8-19(14)26-4)12-21(25)24-9-5-6-18(13-24)27-20-11-15(2)22-16(3)23-20/h7-8,10-11,18H,5-6,9,12-13H2,1-4H3. The lowest BCUT2D eigenvalue weighted by Crippen LogP contribution is -2.45. The van der Waals surface area contributed by atoms with Crippen LogP contribution in [0, 0.1) is 20.8 Å². The molecule has 0 bridgehead atoms. The van der Waals surface area contributed by atoms with Crippen molar-refractivity contribution in [3.8, 4) is 11.6 Å². The topological polar surface area (TPSA) is 64.5 Å². The van der Waals surface area contributed by atoms with Crippen molar-refractivity contribution in [1.82, 2.24) is 14.9 Å². The van der Waals surface area contributed by atoms with Crippen molar-refractivity contribution in [3.05, 3.63) is 46.9 Å². The first-order valence-corrected chi connectivity index (χ1v) is 9.35. The molecular weight excluding hydrogens is 342 g/mol. The maximum absolute atomic E-state index is 12.8. The molecule has 1 fully saturated rings. The Morgan fingerprint density at radius 2 is 2.04 bits per heavy atom. The van der Waals surface area contributed by atoms with E-state index in [9.17, 15) is 4.79 Å². The van der Waals surface area contributed by atoms with Gasteiger partial charge < -0.3 is 14.4 Å². The van der Waals surface area contributed by atoms with Crippen LogP contribution in [0.25, 0.3) is 0 Å².